The first-order chi connectivity index (χ1) is 16.1. The fourth-order valence-corrected chi connectivity index (χ4v) is 4.76. The average Bonchev–Trinajstić information content (AvgIpc) is 2.84. The summed E-state index contributed by atoms with van der Waals surface area (Å²) in [6.07, 6.45) is 17.0. The number of amides is 2. The van der Waals surface area contributed by atoms with Crippen molar-refractivity contribution in [3.63, 3.8) is 0 Å². The number of unbranched alkanes of at least 4 members (excludes halogenated alkanes) is 9. The Hall–Kier alpha value is -1.59. The van der Waals surface area contributed by atoms with Gasteiger partial charge in [0.1, 0.15) is 0 Å². The second kappa shape index (κ2) is 18.7. The lowest BCUT2D eigenvalue weighted by molar-refractivity contribution is -0.135. The molecule has 1 heterocycles. The number of hydrogen-bond acceptors (Lipinski definition) is 3. The highest BCUT2D eigenvalue weighted by atomic mass is 35.5. The Balaban J connectivity index is 0.00000578. The molecule has 5 nitrogen and oxygen atoms in total. The van der Waals surface area contributed by atoms with Crippen molar-refractivity contribution in [2.75, 3.05) is 13.1 Å². The predicted octanol–water partition coefficient (Wildman–Crippen LogP) is 5.79. The normalized spacial score (nSPS) is 16.5. The van der Waals surface area contributed by atoms with Crippen molar-refractivity contribution >= 4 is 24.2 Å². The van der Waals surface area contributed by atoms with Gasteiger partial charge in [-0.3, -0.25) is 9.59 Å². The van der Waals surface area contributed by atoms with Gasteiger partial charge in [-0.15, -0.1) is 12.4 Å². The summed E-state index contributed by atoms with van der Waals surface area (Å²) in [5.74, 6) is 0.119. The molecule has 2 rings (SSSR count). The van der Waals surface area contributed by atoms with Crippen LogP contribution in [-0.2, 0) is 16.0 Å². The van der Waals surface area contributed by atoms with Crippen molar-refractivity contribution in [3.8, 4) is 0 Å². The number of rotatable bonds is 16. The molecule has 1 aliphatic rings. The Kier molecular flexibility index (Phi) is 16.7. The van der Waals surface area contributed by atoms with Gasteiger partial charge in [-0.05, 0) is 37.7 Å². The SMILES string of the molecule is CCCCCCCCCCCCC(=O)N1CCCCC1CNC(=O)C(N)Cc1ccccc1.Cl. The highest BCUT2D eigenvalue weighted by molar-refractivity contribution is 5.85. The van der Waals surface area contributed by atoms with Gasteiger partial charge in [0.15, 0.2) is 0 Å². The minimum absolute atomic E-state index is 0. The summed E-state index contributed by atoms with van der Waals surface area (Å²) in [4.78, 5) is 27.4. The van der Waals surface area contributed by atoms with Crippen molar-refractivity contribution in [2.24, 2.45) is 5.73 Å². The van der Waals surface area contributed by atoms with Gasteiger partial charge < -0.3 is 16.0 Å². The molecule has 0 radical (unpaired) electrons. The summed E-state index contributed by atoms with van der Waals surface area (Å²) in [7, 11) is 0. The van der Waals surface area contributed by atoms with Gasteiger partial charge >= 0.3 is 0 Å². The summed E-state index contributed by atoms with van der Waals surface area (Å²) in [6, 6.07) is 9.39. The summed E-state index contributed by atoms with van der Waals surface area (Å²) in [5.41, 5.74) is 7.17. The molecule has 0 spiro atoms. The average molecular weight is 494 g/mol. The van der Waals surface area contributed by atoms with Crippen LogP contribution in [0.1, 0.15) is 102 Å². The number of halogens is 1. The molecule has 2 unspecified atom stereocenters. The maximum Gasteiger partial charge on any atom is 0.237 e. The molecule has 0 bridgehead atoms. The van der Waals surface area contributed by atoms with Crippen LogP contribution in [0.4, 0.5) is 0 Å². The van der Waals surface area contributed by atoms with E-state index < -0.39 is 6.04 Å². The Morgan fingerprint density at radius 1 is 0.971 bits per heavy atom. The number of hydrogen-bond donors (Lipinski definition) is 2. The molecule has 2 atom stereocenters. The zero-order valence-corrected chi connectivity index (χ0v) is 22.1. The Bertz CT molecular complexity index is 671. The molecule has 2 amide bonds. The van der Waals surface area contributed by atoms with Crippen LogP contribution in [0.2, 0.25) is 0 Å². The standard InChI is InChI=1S/C28H47N3O2.ClH/c1-2-3-4-5-6-7-8-9-10-14-20-27(32)31-21-16-15-19-25(31)23-30-28(33)26(29)22-24-17-12-11-13-18-24;/h11-13,17-18,25-26H,2-10,14-16,19-23,29H2,1H3,(H,30,33);1H. The van der Waals surface area contributed by atoms with E-state index in [1.807, 2.05) is 35.2 Å². The highest BCUT2D eigenvalue weighted by Crippen LogP contribution is 2.19. The molecule has 6 heteroatoms. The highest BCUT2D eigenvalue weighted by Gasteiger charge is 2.27. The van der Waals surface area contributed by atoms with E-state index in [1.54, 1.807) is 0 Å². The zero-order valence-electron chi connectivity index (χ0n) is 21.3. The van der Waals surface area contributed by atoms with Crippen LogP contribution in [0.15, 0.2) is 30.3 Å². The van der Waals surface area contributed by atoms with Crippen molar-refractivity contribution in [3.05, 3.63) is 35.9 Å². The minimum Gasteiger partial charge on any atom is -0.353 e. The van der Waals surface area contributed by atoms with Crippen molar-refractivity contribution < 1.29 is 9.59 Å². The third kappa shape index (κ3) is 12.2. The van der Waals surface area contributed by atoms with Crippen LogP contribution in [0.5, 0.6) is 0 Å². The Morgan fingerprint density at radius 3 is 2.24 bits per heavy atom. The topological polar surface area (TPSA) is 75.4 Å². The first-order valence-electron chi connectivity index (χ1n) is 13.5. The summed E-state index contributed by atoms with van der Waals surface area (Å²) < 4.78 is 0. The molecule has 0 saturated carbocycles. The van der Waals surface area contributed by atoms with Gasteiger partial charge in [-0.1, -0.05) is 95.0 Å². The van der Waals surface area contributed by atoms with Crippen LogP contribution < -0.4 is 11.1 Å². The van der Waals surface area contributed by atoms with E-state index in [4.69, 9.17) is 5.73 Å². The lowest BCUT2D eigenvalue weighted by Crippen LogP contribution is -2.51. The Morgan fingerprint density at radius 2 is 1.59 bits per heavy atom. The third-order valence-corrected chi connectivity index (χ3v) is 6.84. The number of carbonyl (C=O) groups is 2. The number of benzene rings is 1. The number of nitrogens with two attached hydrogens (primary N) is 1. The van der Waals surface area contributed by atoms with Crippen molar-refractivity contribution in [2.45, 2.75) is 115 Å². The second-order valence-corrected chi connectivity index (χ2v) is 9.71. The molecule has 1 fully saturated rings. The van der Waals surface area contributed by atoms with Crippen LogP contribution in [0.3, 0.4) is 0 Å². The molecule has 34 heavy (non-hydrogen) atoms. The van der Waals surface area contributed by atoms with Crippen LogP contribution in [0.25, 0.3) is 0 Å². The lowest BCUT2D eigenvalue weighted by atomic mass is 10.00. The summed E-state index contributed by atoms with van der Waals surface area (Å²) in [5, 5.41) is 3.01. The van der Waals surface area contributed by atoms with Crippen molar-refractivity contribution in [1.29, 1.82) is 0 Å². The first-order valence-corrected chi connectivity index (χ1v) is 13.5. The molecule has 1 aromatic rings. The minimum atomic E-state index is -0.563. The lowest BCUT2D eigenvalue weighted by Gasteiger charge is -2.36. The molecule has 0 aliphatic carbocycles. The second-order valence-electron chi connectivity index (χ2n) is 9.71. The molecule has 1 aromatic carbocycles. The van der Waals surface area contributed by atoms with Crippen molar-refractivity contribution in [1.82, 2.24) is 10.2 Å². The number of carbonyl (C=O) groups excluding carboxylic acids is 2. The van der Waals surface area contributed by atoms with E-state index in [9.17, 15) is 9.59 Å². The van der Waals surface area contributed by atoms with Gasteiger partial charge in [-0.25, -0.2) is 0 Å². The summed E-state index contributed by atoms with van der Waals surface area (Å²) >= 11 is 0. The quantitative estimate of drug-likeness (QED) is 0.286. The summed E-state index contributed by atoms with van der Waals surface area (Å²) in [6.45, 7) is 3.57. The van der Waals surface area contributed by atoms with E-state index in [0.29, 0.717) is 19.4 Å². The molecule has 194 valence electrons. The molecule has 3 N–H and O–H groups in total. The van der Waals surface area contributed by atoms with Gasteiger partial charge in [0.05, 0.1) is 6.04 Å². The molecule has 1 aliphatic heterocycles. The number of piperidine rings is 1. The maximum absolute atomic E-state index is 12.9. The molecule has 1 saturated heterocycles. The molecule has 0 aromatic heterocycles. The van der Waals surface area contributed by atoms with Gasteiger partial charge in [0.25, 0.3) is 0 Å². The van der Waals surface area contributed by atoms with E-state index >= 15 is 0 Å². The first kappa shape index (κ1) is 30.4. The van der Waals surface area contributed by atoms with Crippen LogP contribution >= 0.6 is 12.4 Å². The third-order valence-electron chi connectivity index (χ3n) is 6.84. The number of nitrogens with zero attached hydrogens (tertiary/aromatic N) is 1. The van der Waals surface area contributed by atoms with Crippen LogP contribution in [0, 0.1) is 0 Å². The maximum atomic E-state index is 12.9. The fourth-order valence-electron chi connectivity index (χ4n) is 4.76. The molecular formula is C28H48ClN3O2. The number of likely N-dealkylation sites (tertiary alicyclic amines) is 1. The van der Waals surface area contributed by atoms with E-state index in [2.05, 4.69) is 12.2 Å². The van der Waals surface area contributed by atoms with Crippen LogP contribution in [-0.4, -0.2) is 41.9 Å². The van der Waals surface area contributed by atoms with Gasteiger partial charge in [0.2, 0.25) is 11.8 Å². The fraction of sp³-hybridized carbons (Fsp3) is 0.714. The largest absolute Gasteiger partial charge is 0.353 e. The van der Waals surface area contributed by atoms with Gasteiger partial charge in [-0.2, -0.15) is 0 Å². The van der Waals surface area contributed by atoms with Gasteiger partial charge in [0, 0.05) is 25.6 Å². The Labute approximate surface area is 214 Å². The van der Waals surface area contributed by atoms with E-state index in [-0.39, 0.29) is 30.3 Å². The number of nitrogens with one attached hydrogen (secondary N) is 1. The van der Waals surface area contributed by atoms with E-state index in [1.165, 1.54) is 51.4 Å². The zero-order chi connectivity index (χ0) is 23.7. The van der Waals surface area contributed by atoms with E-state index in [0.717, 1.165) is 44.2 Å². The molecular weight excluding hydrogens is 446 g/mol. The predicted molar refractivity (Wildman–Crippen MR) is 144 cm³/mol. The monoisotopic (exact) mass is 493 g/mol. The smallest absolute Gasteiger partial charge is 0.237 e.